The second-order valence-corrected chi connectivity index (χ2v) is 10.1. The van der Waals surface area contributed by atoms with E-state index in [1.165, 1.54) is 6.04 Å². The molecule has 0 spiro atoms. The van der Waals surface area contributed by atoms with Gasteiger partial charge in [-0.3, -0.25) is 0 Å². The molecule has 3 nitrogen and oxygen atoms in total. The summed E-state index contributed by atoms with van der Waals surface area (Å²) in [6.45, 7) is 2.67. The number of rotatable bonds is 10. The van der Waals surface area contributed by atoms with Crippen molar-refractivity contribution in [2.24, 2.45) is 0 Å². The Labute approximate surface area is 147 Å². The van der Waals surface area contributed by atoms with Crippen molar-refractivity contribution in [2.45, 2.75) is 36.7 Å². The average Bonchev–Trinajstić information content (AvgIpc) is 2.56. The highest BCUT2D eigenvalue weighted by atomic mass is 32.2. The summed E-state index contributed by atoms with van der Waals surface area (Å²) in [5.41, 5.74) is 0. The van der Waals surface area contributed by atoms with Gasteiger partial charge in [-0.05, 0) is 20.0 Å². The molecule has 25 heavy (non-hydrogen) atoms. The van der Waals surface area contributed by atoms with Crippen LogP contribution in [0.2, 0.25) is 12.1 Å². The Morgan fingerprint density at radius 1 is 0.880 bits per heavy atom. The lowest BCUT2D eigenvalue weighted by molar-refractivity contribution is 0.348. The summed E-state index contributed by atoms with van der Waals surface area (Å²) < 4.78 is 90.7. The predicted molar refractivity (Wildman–Crippen MR) is 88.8 cm³/mol. The molecule has 0 heterocycles. The van der Waals surface area contributed by atoms with Crippen LogP contribution in [0.25, 0.3) is 0 Å². The van der Waals surface area contributed by atoms with E-state index in [0.717, 1.165) is 18.9 Å². The number of halogens is 5. The van der Waals surface area contributed by atoms with Crippen molar-refractivity contribution in [2.75, 3.05) is 25.9 Å². The molecule has 1 rings (SSSR count). The van der Waals surface area contributed by atoms with E-state index in [-0.39, 0.29) is 16.1 Å². The van der Waals surface area contributed by atoms with Gasteiger partial charge in [0.15, 0.2) is 33.1 Å². The van der Waals surface area contributed by atoms with Crippen molar-refractivity contribution in [3.8, 4) is 0 Å². The molecule has 144 valence electrons. The molecule has 0 aromatic heterocycles. The maximum absolute atomic E-state index is 13.6. The van der Waals surface area contributed by atoms with Gasteiger partial charge < -0.3 is 4.90 Å². The van der Waals surface area contributed by atoms with Crippen LogP contribution in [-0.4, -0.2) is 48.7 Å². The molecule has 10 heteroatoms. The van der Waals surface area contributed by atoms with E-state index >= 15 is 0 Å². The van der Waals surface area contributed by atoms with Crippen molar-refractivity contribution < 1.29 is 30.4 Å². The van der Waals surface area contributed by atoms with Crippen molar-refractivity contribution >= 4 is 19.4 Å². The van der Waals surface area contributed by atoms with Crippen molar-refractivity contribution in [3.63, 3.8) is 0 Å². The van der Waals surface area contributed by atoms with Crippen LogP contribution in [0.15, 0.2) is 4.90 Å². The van der Waals surface area contributed by atoms with E-state index in [1.54, 1.807) is 11.9 Å². The highest BCUT2D eigenvalue weighted by molar-refractivity contribution is 7.91. The lowest BCUT2D eigenvalue weighted by Gasteiger charge is -2.17. The molecule has 0 amide bonds. The van der Waals surface area contributed by atoms with Crippen LogP contribution < -0.4 is 0 Å². The number of nitrogens with zero attached hydrogens (tertiary/aromatic N) is 1. The summed E-state index contributed by atoms with van der Waals surface area (Å²) in [5.74, 6) is -12.2. The van der Waals surface area contributed by atoms with Gasteiger partial charge in [0.1, 0.15) is 4.90 Å². The van der Waals surface area contributed by atoms with E-state index in [1.807, 2.05) is 0 Å². The van der Waals surface area contributed by atoms with Gasteiger partial charge in [-0.15, -0.1) is 0 Å². The third-order valence-electron chi connectivity index (χ3n) is 3.87. The molecule has 0 unspecified atom stereocenters. The molecule has 0 N–H and O–H groups in total. The highest BCUT2D eigenvalue weighted by Crippen LogP contribution is 2.27. The minimum Gasteiger partial charge on any atom is -0.305 e. The standard InChI is InChI=1S/C15H22F5NO2SSi/c1-3-8-25-9-4-5-21(2)6-7-24(22,23)15-13(19)11(17)10(16)12(18)14(15)20/h3-9,25H2,1-2H3. The van der Waals surface area contributed by atoms with Gasteiger partial charge in [-0.2, -0.15) is 0 Å². The zero-order valence-corrected chi connectivity index (χ0v) is 16.4. The third-order valence-corrected chi connectivity index (χ3v) is 7.77. The summed E-state index contributed by atoms with van der Waals surface area (Å²) in [7, 11) is -3.10. The molecule has 0 fully saturated rings. The van der Waals surface area contributed by atoms with Gasteiger partial charge >= 0.3 is 0 Å². The lowest BCUT2D eigenvalue weighted by Crippen LogP contribution is -2.28. The molecular weight excluding hydrogens is 381 g/mol. The van der Waals surface area contributed by atoms with Crippen LogP contribution in [0.5, 0.6) is 0 Å². The Bertz CT molecular complexity index is 671. The zero-order chi connectivity index (χ0) is 19.2. The highest BCUT2D eigenvalue weighted by Gasteiger charge is 2.33. The summed E-state index contributed by atoms with van der Waals surface area (Å²) in [5, 5.41) is 0. The quantitative estimate of drug-likeness (QED) is 0.151. The van der Waals surface area contributed by atoms with Crippen molar-refractivity contribution in [1.82, 2.24) is 4.90 Å². The average molecular weight is 403 g/mol. The zero-order valence-electron chi connectivity index (χ0n) is 14.2. The fourth-order valence-electron chi connectivity index (χ4n) is 2.33. The molecule has 0 radical (unpaired) electrons. The second-order valence-electron chi connectivity index (χ2n) is 5.94. The summed E-state index contributed by atoms with van der Waals surface area (Å²) in [6.07, 6.45) is 2.05. The van der Waals surface area contributed by atoms with Crippen molar-refractivity contribution in [1.29, 1.82) is 0 Å². The van der Waals surface area contributed by atoms with E-state index in [4.69, 9.17) is 0 Å². The summed E-state index contributed by atoms with van der Waals surface area (Å²) in [4.78, 5) is -0.0862. The van der Waals surface area contributed by atoms with Crippen LogP contribution in [-0.2, 0) is 9.84 Å². The minimum atomic E-state index is -4.65. The molecule has 1 aromatic rings. The number of benzene rings is 1. The van der Waals surface area contributed by atoms with E-state index in [0.29, 0.717) is 6.54 Å². The summed E-state index contributed by atoms with van der Waals surface area (Å²) in [6, 6.07) is 2.36. The monoisotopic (exact) mass is 403 g/mol. The lowest BCUT2D eigenvalue weighted by atomic mass is 10.3. The first-order valence-electron chi connectivity index (χ1n) is 8.06. The molecular formula is C15H22F5NO2SSi. The smallest absolute Gasteiger partial charge is 0.200 e. The number of hydrogen-bond acceptors (Lipinski definition) is 3. The fraction of sp³-hybridized carbons (Fsp3) is 0.600. The molecule has 0 saturated heterocycles. The maximum Gasteiger partial charge on any atom is 0.200 e. The van der Waals surface area contributed by atoms with E-state index in [2.05, 4.69) is 6.92 Å². The predicted octanol–water partition coefficient (Wildman–Crippen LogP) is 2.89. The van der Waals surface area contributed by atoms with Gasteiger partial charge in [0, 0.05) is 16.1 Å². The van der Waals surface area contributed by atoms with Gasteiger partial charge in [0.2, 0.25) is 5.82 Å². The first kappa shape index (κ1) is 22.0. The molecule has 0 saturated carbocycles. The fourth-order valence-corrected chi connectivity index (χ4v) is 5.25. The number of sulfone groups is 1. The van der Waals surface area contributed by atoms with Gasteiger partial charge in [0.05, 0.1) is 5.75 Å². The van der Waals surface area contributed by atoms with Crippen LogP contribution >= 0.6 is 0 Å². The van der Waals surface area contributed by atoms with Crippen molar-refractivity contribution in [3.05, 3.63) is 29.1 Å². The van der Waals surface area contributed by atoms with Gasteiger partial charge in [0.25, 0.3) is 0 Å². The Morgan fingerprint density at radius 3 is 1.92 bits per heavy atom. The molecule has 1 aromatic carbocycles. The molecule has 0 aliphatic carbocycles. The molecule has 0 bridgehead atoms. The third kappa shape index (κ3) is 5.75. The minimum absolute atomic E-state index is 0.0584. The van der Waals surface area contributed by atoms with E-state index < -0.39 is 49.6 Å². The SMILES string of the molecule is CCC[SiH2]CCCN(C)CCS(=O)(=O)c1c(F)c(F)c(F)c(F)c1F. The normalized spacial score (nSPS) is 12.6. The van der Waals surface area contributed by atoms with Crippen LogP contribution in [0, 0.1) is 29.1 Å². The molecule has 0 aliphatic rings. The Morgan fingerprint density at radius 2 is 1.40 bits per heavy atom. The molecule has 0 aliphatic heterocycles. The topological polar surface area (TPSA) is 37.4 Å². The van der Waals surface area contributed by atoms with Crippen LogP contribution in [0.3, 0.4) is 0 Å². The largest absolute Gasteiger partial charge is 0.305 e. The van der Waals surface area contributed by atoms with Gasteiger partial charge in [-0.1, -0.05) is 25.4 Å². The van der Waals surface area contributed by atoms with Crippen LogP contribution in [0.1, 0.15) is 19.8 Å². The number of hydrogen-bond donors (Lipinski definition) is 0. The molecule has 0 atom stereocenters. The van der Waals surface area contributed by atoms with Gasteiger partial charge in [-0.25, -0.2) is 30.4 Å². The Hall–Kier alpha value is -1.00. The Balaban J connectivity index is 2.77. The van der Waals surface area contributed by atoms with Crippen LogP contribution in [0.4, 0.5) is 22.0 Å². The Kier molecular flexibility index (Phi) is 8.49. The maximum atomic E-state index is 13.6. The second kappa shape index (κ2) is 9.63. The summed E-state index contributed by atoms with van der Waals surface area (Å²) >= 11 is 0. The first-order chi connectivity index (χ1) is 11.6. The van der Waals surface area contributed by atoms with E-state index in [9.17, 15) is 30.4 Å². The first-order valence-corrected chi connectivity index (χ1v) is 11.7.